The lowest BCUT2D eigenvalue weighted by molar-refractivity contribution is -0.139. The second-order valence-electron chi connectivity index (χ2n) is 8.71. The number of rotatable bonds is 3. The molecule has 1 amide bonds. The van der Waals surface area contributed by atoms with Crippen molar-refractivity contribution >= 4 is 16.8 Å². The number of piperidine rings is 1. The molecule has 2 aliphatic heterocycles. The summed E-state index contributed by atoms with van der Waals surface area (Å²) in [4.78, 5) is 23.3. The van der Waals surface area contributed by atoms with Crippen LogP contribution in [0, 0.1) is 12.8 Å². The minimum absolute atomic E-state index is 0.126. The third kappa shape index (κ3) is 3.63. The molecule has 3 aromatic rings. The minimum Gasteiger partial charge on any atom is -0.381 e. The first-order chi connectivity index (χ1) is 14.7. The number of benzene rings is 1. The van der Waals surface area contributed by atoms with Crippen molar-refractivity contribution in [2.45, 2.75) is 38.5 Å². The van der Waals surface area contributed by atoms with E-state index in [1.54, 1.807) is 0 Å². The molecule has 1 atom stereocenters. The van der Waals surface area contributed by atoms with Crippen LogP contribution in [-0.2, 0) is 9.53 Å². The van der Waals surface area contributed by atoms with Gasteiger partial charge in [0.2, 0.25) is 5.91 Å². The quantitative estimate of drug-likeness (QED) is 0.691. The zero-order valence-electron chi connectivity index (χ0n) is 17.6. The molecule has 2 aliphatic rings. The van der Waals surface area contributed by atoms with Crippen molar-refractivity contribution < 1.29 is 9.53 Å². The summed E-state index contributed by atoms with van der Waals surface area (Å²) >= 11 is 0. The number of pyridine rings is 1. The summed E-state index contributed by atoms with van der Waals surface area (Å²) < 4.78 is 5.45. The van der Waals surface area contributed by atoms with Crippen molar-refractivity contribution in [1.29, 1.82) is 0 Å². The Bertz CT molecular complexity index is 1040. The Morgan fingerprint density at radius 3 is 2.87 bits per heavy atom. The number of carbonyl (C=O) groups excluding carboxylic acids is 1. The molecule has 0 aliphatic carbocycles. The predicted octanol–water partition coefficient (Wildman–Crippen LogP) is 4.67. The number of nitrogens with zero attached hydrogens (tertiary/aromatic N) is 2. The molecule has 0 bridgehead atoms. The lowest BCUT2D eigenvalue weighted by Crippen LogP contribution is -2.43. The van der Waals surface area contributed by atoms with Crippen molar-refractivity contribution in [3.8, 4) is 11.1 Å². The third-order valence-corrected chi connectivity index (χ3v) is 6.65. The normalized spacial score (nSPS) is 20.6. The van der Waals surface area contributed by atoms with Crippen LogP contribution in [0.1, 0.15) is 42.9 Å². The number of carbonyl (C=O) groups is 1. The molecule has 0 spiro atoms. The van der Waals surface area contributed by atoms with Gasteiger partial charge >= 0.3 is 0 Å². The van der Waals surface area contributed by atoms with Crippen molar-refractivity contribution in [3.05, 3.63) is 54.0 Å². The number of aromatic amines is 1. The molecule has 156 valence electrons. The molecule has 0 saturated carbocycles. The van der Waals surface area contributed by atoms with Crippen molar-refractivity contribution in [2.24, 2.45) is 5.92 Å². The first-order valence-corrected chi connectivity index (χ1v) is 11.1. The van der Waals surface area contributed by atoms with Gasteiger partial charge < -0.3 is 14.6 Å². The maximum absolute atomic E-state index is 13.2. The van der Waals surface area contributed by atoms with E-state index in [0.29, 0.717) is 25.0 Å². The number of hydrogen-bond donors (Lipinski definition) is 1. The molecule has 1 aromatic carbocycles. The van der Waals surface area contributed by atoms with Gasteiger partial charge in [0.15, 0.2) is 0 Å². The lowest BCUT2D eigenvalue weighted by Gasteiger charge is -2.36. The molecule has 2 saturated heterocycles. The van der Waals surface area contributed by atoms with Gasteiger partial charge in [0.25, 0.3) is 0 Å². The number of aryl methyl sites for hydroxylation is 1. The smallest absolute Gasteiger partial charge is 0.225 e. The number of likely N-dealkylation sites (tertiary alicyclic amines) is 1. The topological polar surface area (TPSA) is 58.2 Å². The van der Waals surface area contributed by atoms with E-state index in [2.05, 4.69) is 46.1 Å². The average Bonchev–Trinajstić information content (AvgIpc) is 3.18. The fraction of sp³-hybridized carbons (Fsp3) is 0.440. The summed E-state index contributed by atoms with van der Waals surface area (Å²) in [5.74, 6) is 0.754. The van der Waals surface area contributed by atoms with Crippen LogP contribution in [0.2, 0.25) is 0 Å². The number of nitrogens with one attached hydrogen (secondary N) is 1. The molecular weight excluding hydrogens is 374 g/mol. The van der Waals surface area contributed by atoms with E-state index >= 15 is 0 Å². The summed E-state index contributed by atoms with van der Waals surface area (Å²) in [5.41, 5.74) is 6.03. The number of aromatic nitrogens is 2. The number of fused-ring (bicyclic) bond motifs is 1. The third-order valence-electron chi connectivity index (χ3n) is 6.65. The Morgan fingerprint density at radius 1 is 1.20 bits per heavy atom. The molecule has 4 heterocycles. The van der Waals surface area contributed by atoms with E-state index in [-0.39, 0.29) is 5.92 Å². The van der Waals surface area contributed by atoms with E-state index < -0.39 is 0 Å². The molecular formula is C25H29N3O2. The van der Waals surface area contributed by atoms with E-state index in [0.717, 1.165) is 49.9 Å². The monoisotopic (exact) mass is 403 g/mol. The zero-order valence-corrected chi connectivity index (χ0v) is 17.6. The molecule has 0 unspecified atom stereocenters. The second kappa shape index (κ2) is 8.23. The standard InChI is InChI=1S/C25H29N3O2/c1-17-6-7-22-21(14-17)23(19-4-2-10-26-15-19)24(27-22)20-5-3-11-28(16-20)25(29)18-8-12-30-13-9-18/h2,4,6-7,10,14-15,18,20,27H,3,5,8-9,11-13,16H2,1H3/t20-/m1/s1. The van der Waals surface area contributed by atoms with Gasteiger partial charge in [0, 0.05) is 78.3 Å². The summed E-state index contributed by atoms with van der Waals surface area (Å²) in [5, 5.41) is 1.24. The Balaban J connectivity index is 1.50. The van der Waals surface area contributed by atoms with E-state index in [4.69, 9.17) is 4.74 Å². The first kappa shape index (κ1) is 19.3. The second-order valence-corrected chi connectivity index (χ2v) is 8.71. The summed E-state index contributed by atoms with van der Waals surface area (Å²) in [7, 11) is 0. The minimum atomic E-state index is 0.126. The Kier molecular flexibility index (Phi) is 5.30. The van der Waals surface area contributed by atoms with Crippen LogP contribution in [-0.4, -0.2) is 47.1 Å². The largest absolute Gasteiger partial charge is 0.381 e. The van der Waals surface area contributed by atoms with Gasteiger partial charge in [-0.15, -0.1) is 0 Å². The Hall–Kier alpha value is -2.66. The Labute approximate surface area is 177 Å². The van der Waals surface area contributed by atoms with Gasteiger partial charge in [0.1, 0.15) is 0 Å². The zero-order chi connectivity index (χ0) is 20.5. The van der Waals surface area contributed by atoms with Crippen LogP contribution in [0.4, 0.5) is 0 Å². The van der Waals surface area contributed by atoms with Crippen molar-refractivity contribution in [1.82, 2.24) is 14.9 Å². The molecule has 2 fully saturated rings. The molecule has 5 rings (SSSR count). The predicted molar refractivity (Wildman–Crippen MR) is 118 cm³/mol. The highest BCUT2D eigenvalue weighted by atomic mass is 16.5. The van der Waals surface area contributed by atoms with Crippen LogP contribution < -0.4 is 0 Å². The van der Waals surface area contributed by atoms with Gasteiger partial charge in [-0.2, -0.15) is 0 Å². The highest BCUT2D eigenvalue weighted by Gasteiger charge is 2.32. The average molecular weight is 404 g/mol. The summed E-state index contributed by atoms with van der Waals surface area (Å²) in [6.45, 7) is 5.21. The van der Waals surface area contributed by atoms with Gasteiger partial charge in [-0.05, 0) is 50.8 Å². The molecule has 30 heavy (non-hydrogen) atoms. The van der Waals surface area contributed by atoms with Crippen LogP contribution in [0.15, 0.2) is 42.7 Å². The number of amides is 1. The van der Waals surface area contributed by atoms with Gasteiger partial charge in [-0.3, -0.25) is 9.78 Å². The molecule has 1 N–H and O–H groups in total. The van der Waals surface area contributed by atoms with Gasteiger partial charge in [0.05, 0.1) is 0 Å². The fourth-order valence-electron chi connectivity index (χ4n) is 5.07. The molecule has 5 heteroatoms. The summed E-state index contributed by atoms with van der Waals surface area (Å²) in [6, 6.07) is 10.7. The van der Waals surface area contributed by atoms with Gasteiger partial charge in [-0.25, -0.2) is 0 Å². The SMILES string of the molecule is Cc1ccc2[nH]c([C@@H]3CCCN(C(=O)C4CCOCC4)C3)c(-c3cccnc3)c2c1. The maximum atomic E-state index is 13.2. The maximum Gasteiger partial charge on any atom is 0.225 e. The number of H-pyrrole nitrogens is 1. The number of ether oxygens (including phenoxy) is 1. The molecule has 5 nitrogen and oxygen atoms in total. The first-order valence-electron chi connectivity index (χ1n) is 11.1. The molecule has 2 aromatic heterocycles. The fourth-order valence-corrected chi connectivity index (χ4v) is 5.07. The Morgan fingerprint density at radius 2 is 2.07 bits per heavy atom. The highest BCUT2D eigenvalue weighted by molar-refractivity contribution is 5.98. The van der Waals surface area contributed by atoms with Crippen LogP contribution in [0.3, 0.4) is 0 Å². The summed E-state index contributed by atoms with van der Waals surface area (Å²) in [6.07, 6.45) is 7.61. The van der Waals surface area contributed by atoms with Crippen LogP contribution in [0.5, 0.6) is 0 Å². The van der Waals surface area contributed by atoms with Gasteiger partial charge in [-0.1, -0.05) is 17.7 Å². The van der Waals surface area contributed by atoms with Crippen molar-refractivity contribution in [3.63, 3.8) is 0 Å². The van der Waals surface area contributed by atoms with Crippen LogP contribution >= 0.6 is 0 Å². The lowest BCUT2D eigenvalue weighted by atomic mass is 9.88. The molecule has 0 radical (unpaired) electrons. The van der Waals surface area contributed by atoms with Crippen LogP contribution in [0.25, 0.3) is 22.0 Å². The van der Waals surface area contributed by atoms with E-state index in [9.17, 15) is 4.79 Å². The van der Waals surface area contributed by atoms with E-state index in [1.165, 1.54) is 22.2 Å². The van der Waals surface area contributed by atoms with E-state index in [1.807, 2.05) is 18.5 Å². The number of hydrogen-bond acceptors (Lipinski definition) is 3. The highest BCUT2D eigenvalue weighted by Crippen LogP contribution is 2.39. The van der Waals surface area contributed by atoms with Crippen molar-refractivity contribution in [2.75, 3.05) is 26.3 Å².